The number of benzene rings is 3. The predicted molar refractivity (Wildman–Crippen MR) is 155 cm³/mol. The quantitative estimate of drug-likeness (QED) is 0.328. The van der Waals surface area contributed by atoms with E-state index in [9.17, 15) is 18.0 Å². The van der Waals surface area contributed by atoms with Gasteiger partial charge < -0.3 is 10.2 Å². The molecule has 0 bridgehead atoms. The lowest BCUT2D eigenvalue weighted by Crippen LogP contribution is -2.53. The van der Waals surface area contributed by atoms with E-state index >= 15 is 0 Å². The summed E-state index contributed by atoms with van der Waals surface area (Å²) in [5.74, 6) is -0.533. The van der Waals surface area contributed by atoms with Crippen molar-refractivity contribution < 1.29 is 18.0 Å². The van der Waals surface area contributed by atoms with Gasteiger partial charge in [-0.05, 0) is 34.7 Å². The van der Waals surface area contributed by atoms with Crippen molar-refractivity contribution in [3.8, 4) is 0 Å². The number of nitrogens with one attached hydrogen (secondary N) is 1. The molecule has 3 aromatic rings. The van der Waals surface area contributed by atoms with Gasteiger partial charge in [-0.1, -0.05) is 98.2 Å². The summed E-state index contributed by atoms with van der Waals surface area (Å²) in [5, 5.41) is 3.52. The maximum atomic E-state index is 13.9. The molecule has 0 saturated heterocycles. The molecule has 208 valence electrons. The summed E-state index contributed by atoms with van der Waals surface area (Å²) >= 11 is 6.08. The molecule has 0 spiro atoms. The minimum Gasteiger partial charge on any atom is -0.354 e. The van der Waals surface area contributed by atoms with Gasteiger partial charge in [0.1, 0.15) is 6.04 Å². The molecule has 1 atom stereocenters. The van der Waals surface area contributed by atoms with Crippen molar-refractivity contribution >= 4 is 33.4 Å². The number of carbonyl (C=O) groups excluding carboxylic acids is 2. The first-order chi connectivity index (χ1) is 18.5. The Morgan fingerprint density at radius 1 is 0.821 bits per heavy atom. The van der Waals surface area contributed by atoms with E-state index in [0.717, 1.165) is 27.3 Å². The fraction of sp³-hybridized carbons (Fsp3) is 0.333. The Balaban J connectivity index is 1.98. The normalized spacial score (nSPS) is 12.4. The molecule has 0 aromatic heterocycles. The van der Waals surface area contributed by atoms with Crippen LogP contribution in [-0.2, 0) is 39.1 Å². The lowest BCUT2D eigenvalue weighted by molar-refractivity contribution is -0.141. The smallest absolute Gasteiger partial charge is 0.243 e. The molecule has 0 saturated carbocycles. The number of hydrogen-bond donors (Lipinski definition) is 1. The molecule has 0 unspecified atom stereocenters. The Labute approximate surface area is 236 Å². The van der Waals surface area contributed by atoms with Gasteiger partial charge in [0.25, 0.3) is 0 Å². The Kier molecular flexibility index (Phi) is 11.1. The van der Waals surface area contributed by atoms with Crippen molar-refractivity contribution in [1.82, 2.24) is 14.5 Å². The molecule has 0 aliphatic rings. The van der Waals surface area contributed by atoms with Crippen LogP contribution < -0.4 is 5.32 Å². The van der Waals surface area contributed by atoms with Crippen LogP contribution in [0.25, 0.3) is 0 Å². The Bertz CT molecular complexity index is 1320. The topological polar surface area (TPSA) is 86.8 Å². The Morgan fingerprint density at radius 2 is 1.36 bits per heavy atom. The van der Waals surface area contributed by atoms with Crippen LogP contribution in [0.3, 0.4) is 0 Å². The highest BCUT2D eigenvalue weighted by Gasteiger charge is 2.32. The van der Waals surface area contributed by atoms with Gasteiger partial charge in [-0.25, -0.2) is 8.42 Å². The second kappa shape index (κ2) is 14.3. The lowest BCUT2D eigenvalue weighted by atomic mass is 10.0. The average Bonchev–Trinajstić information content (AvgIpc) is 2.90. The van der Waals surface area contributed by atoms with Crippen LogP contribution in [0.1, 0.15) is 30.5 Å². The SMILES string of the molecule is CC(C)CNC(=O)[C@@H](Cc1ccccc1)N(Cc1ccc(Cl)cc1)C(=O)CN(Cc1ccccc1)S(C)(=O)=O. The average molecular weight is 570 g/mol. The summed E-state index contributed by atoms with van der Waals surface area (Å²) in [6.07, 6.45) is 1.37. The predicted octanol–water partition coefficient (Wildman–Crippen LogP) is 4.51. The number of carbonyl (C=O) groups is 2. The minimum atomic E-state index is -3.73. The van der Waals surface area contributed by atoms with Crippen molar-refractivity contribution in [3.05, 3.63) is 107 Å². The molecule has 0 fully saturated rings. The Hall–Kier alpha value is -3.20. The number of amides is 2. The molecule has 0 heterocycles. The molecular formula is C30H36ClN3O4S. The number of sulfonamides is 1. The second-order valence-electron chi connectivity index (χ2n) is 10.0. The van der Waals surface area contributed by atoms with Crippen LogP contribution >= 0.6 is 11.6 Å². The van der Waals surface area contributed by atoms with Crippen LogP contribution in [0, 0.1) is 5.92 Å². The number of rotatable bonds is 13. The highest BCUT2D eigenvalue weighted by atomic mass is 35.5. The van der Waals surface area contributed by atoms with Crippen molar-refractivity contribution in [1.29, 1.82) is 0 Å². The molecule has 3 rings (SSSR count). The van der Waals surface area contributed by atoms with Crippen LogP contribution in [-0.4, -0.2) is 54.8 Å². The van der Waals surface area contributed by atoms with Gasteiger partial charge in [-0.15, -0.1) is 0 Å². The van der Waals surface area contributed by atoms with Crippen molar-refractivity contribution in [2.24, 2.45) is 5.92 Å². The molecule has 2 amide bonds. The van der Waals surface area contributed by atoms with Gasteiger partial charge in [0.05, 0.1) is 12.8 Å². The summed E-state index contributed by atoms with van der Waals surface area (Å²) in [5.41, 5.74) is 2.42. The van der Waals surface area contributed by atoms with Crippen molar-refractivity contribution in [2.45, 2.75) is 39.4 Å². The van der Waals surface area contributed by atoms with Crippen LogP contribution in [0.15, 0.2) is 84.9 Å². The monoisotopic (exact) mass is 569 g/mol. The van der Waals surface area contributed by atoms with Gasteiger partial charge in [0, 0.05) is 31.1 Å². The maximum absolute atomic E-state index is 13.9. The minimum absolute atomic E-state index is 0.0447. The first-order valence-corrected chi connectivity index (χ1v) is 15.1. The summed E-state index contributed by atoms with van der Waals surface area (Å²) in [4.78, 5) is 29.0. The van der Waals surface area contributed by atoms with E-state index in [2.05, 4.69) is 5.32 Å². The third-order valence-electron chi connectivity index (χ3n) is 6.20. The molecule has 39 heavy (non-hydrogen) atoms. The first kappa shape index (κ1) is 30.3. The van der Waals surface area contributed by atoms with Crippen molar-refractivity contribution in [2.75, 3.05) is 19.3 Å². The van der Waals surface area contributed by atoms with E-state index in [1.165, 1.54) is 4.90 Å². The third kappa shape index (κ3) is 9.80. The summed E-state index contributed by atoms with van der Waals surface area (Å²) < 4.78 is 26.6. The van der Waals surface area contributed by atoms with Gasteiger partial charge in [-0.2, -0.15) is 4.31 Å². The molecule has 3 aromatic carbocycles. The summed E-state index contributed by atoms with van der Waals surface area (Å²) in [6.45, 7) is 4.21. The number of nitrogens with zero attached hydrogens (tertiary/aromatic N) is 2. The molecule has 1 N–H and O–H groups in total. The summed E-state index contributed by atoms with van der Waals surface area (Å²) in [6, 6.07) is 24.8. The van der Waals surface area contributed by atoms with E-state index in [-0.39, 0.29) is 31.3 Å². The zero-order chi connectivity index (χ0) is 28.4. The second-order valence-corrected chi connectivity index (χ2v) is 12.4. The van der Waals surface area contributed by atoms with E-state index in [1.54, 1.807) is 24.3 Å². The highest BCUT2D eigenvalue weighted by Crippen LogP contribution is 2.18. The van der Waals surface area contributed by atoms with Gasteiger partial charge in [0.15, 0.2) is 0 Å². The molecular weight excluding hydrogens is 534 g/mol. The van der Waals surface area contributed by atoms with E-state index in [0.29, 0.717) is 11.6 Å². The number of halogens is 1. The largest absolute Gasteiger partial charge is 0.354 e. The molecule has 0 radical (unpaired) electrons. The third-order valence-corrected chi connectivity index (χ3v) is 7.65. The Morgan fingerprint density at radius 3 is 1.90 bits per heavy atom. The standard InChI is InChI=1S/C30H36ClN3O4S/c1-23(2)19-32-30(36)28(18-24-10-6-4-7-11-24)34(21-26-14-16-27(31)17-15-26)29(35)22-33(39(3,37)38)20-25-12-8-5-9-13-25/h4-17,23,28H,18-22H2,1-3H3,(H,32,36)/t28-/m1/s1. The van der Waals surface area contributed by atoms with E-state index < -0.39 is 28.5 Å². The fourth-order valence-electron chi connectivity index (χ4n) is 4.08. The summed E-state index contributed by atoms with van der Waals surface area (Å²) in [7, 11) is -3.73. The molecule has 0 aliphatic carbocycles. The van der Waals surface area contributed by atoms with Gasteiger partial charge in [0.2, 0.25) is 21.8 Å². The zero-order valence-electron chi connectivity index (χ0n) is 22.6. The van der Waals surface area contributed by atoms with E-state index in [1.807, 2.05) is 74.5 Å². The van der Waals surface area contributed by atoms with Crippen LogP contribution in [0.2, 0.25) is 5.02 Å². The van der Waals surface area contributed by atoms with Gasteiger partial charge in [-0.3, -0.25) is 9.59 Å². The zero-order valence-corrected chi connectivity index (χ0v) is 24.2. The fourth-order valence-corrected chi connectivity index (χ4v) is 4.94. The van der Waals surface area contributed by atoms with Crippen molar-refractivity contribution in [3.63, 3.8) is 0 Å². The lowest BCUT2D eigenvalue weighted by Gasteiger charge is -2.33. The molecule has 9 heteroatoms. The molecule has 0 aliphatic heterocycles. The highest BCUT2D eigenvalue weighted by molar-refractivity contribution is 7.88. The van der Waals surface area contributed by atoms with Crippen LogP contribution in [0.5, 0.6) is 0 Å². The maximum Gasteiger partial charge on any atom is 0.243 e. The molecule has 7 nitrogen and oxygen atoms in total. The van der Waals surface area contributed by atoms with E-state index in [4.69, 9.17) is 11.6 Å². The van der Waals surface area contributed by atoms with Crippen LogP contribution in [0.4, 0.5) is 0 Å². The first-order valence-electron chi connectivity index (χ1n) is 12.9. The van der Waals surface area contributed by atoms with Gasteiger partial charge >= 0.3 is 0 Å². The number of hydrogen-bond acceptors (Lipinski definition) is 4.